The van der Waals surface area contributed by atoms with Crippen molar-refractivity contribution >= 4 is 21.6 Å². The van der Waals surface area contributed by atoms with Gasteiger partial charge in [0, 0.05) is 0 Å². The van der Waals surface area contributed by atoms with Crippen molar-refractivity contribution in [3.05, 3.63) is 29.3 Å². The molecule has 0 saturated carbocycles. The summed E-state index contributed by atoms with van der Waals surface area (Å²) in [4.78, 5) is 4.66. The van der Waals surface area contributed by atoms with Crippen LogP contribution in [0.1, 0.15) is 31.7 Å². The van der Waals surface area contributed by atoms with Gasteiger partial charge in [0.25, 0.3) is 0 Å². The van der Waals surface area contributed by atoms with Gasteiger partial charge in [-0.25, -0.2) is 4.98 Å². The number of aromatic nitrogens is 1. The second-order valence-electron chi connectivity index (χ2n) is 5.13. The summed E-state index contributed by atoms with van der Waals surface area (Å²) < 4.78 is 1.31. The van der Waals surface area contributed by atoms with Gasteiger partial charge in [-0.2, -0.15) is 0 Å². The largest absolute Gasteiger partial charge is 0.316 e. The fourth-order valence-corrected chi connectivity index (χ4v) is 2.95. The van der Waals surface area contributed by atoms with Crippen molar-refractivity contribution in [3.8, 4) is 0 Å². The van der Waals surface area contributed by atoms with Gasteiger partial charge < -0.3 is 5.32 Å². The standard InChI is InChI=1S/C15H22N2S/c1-12(2)11-16-10-6-5-9-15-17-13-7-3-4-8-14(13)18-15/h3-4,7-8,12,16H,5-6,9-11H2,1-2H3. The van der Waals surface area contributed by atoms with E-state index in [0.29, 0.717) is 0 Å². The van der Waals surface area contributed by atoms with Crippen molar-refractivity contribution in [2.45, 2.75) is 33.1 Å². The molecule has 1 heterocycles. The molecule has 1 aromatic heterocycles. The van der Waals surface area contributed by atoms with Crippen LogP contribution in [0, 0.1) is 5.92 Å². The Hall–Kier alpha value is -0.930. The number of hydrogen-bond acceptors (Lipinski definition) is 3. The molecule has 0 fully saturated rings. The van der Waals surface area contributed by atoms with Crippen LogP contribution in [-0.4, -0.2) is 18.1 Å². The van der Waals surface area contributed by atoms with Crippen LogP contribution in [0.3, 0.4) is 0 Å². The van der Waals surface area contributed by atoms with Crippen molar-refractivity contribution in [1.82, 2.24) is 10.3 Å². The van der Waals surface area contributed by atoms with Crippen LogP contribution in [0.4, 0.5) is 0 Å². The molecule has 3 heteroatoms. The minimum atomic E-state index is 0.745. The highest BCUT2D eigenvalue weighted by molar-refractivity contribution is 7.18. The Balaban J connectivity index is 1.70. The van der Waals surface area contributed by atoms with E-state index in [1.54, 1.807) is 0 Å². The van der Waals surface area contributed by atoms with Gasteiger partial charge in [-0.3, -0.25) is 0 Å². The number of para-hydroxylation sites is 1. The second kappa shape index (κ2) is 6.86. The molecule has 2 aromatic rings. The number of hydrogen-bond donors (Lipinski definition) is 1. The Morgan fingerprint density at radius 1 is 1.22 bits per heavy atom. The molecule has 0 amide bonds. The Morgan fingerprint density at radius 2 is 2.06 bits per heavy atom. The smallest absolute Gasteiger partial charge is 0.0938 e. The van der Waals surface area contributed by atoms with Gasteiger partial charge in [-0.05, 0) is 50.4 Å². The van der Waals surface area contributed by atoms with Crippen LogP contribution in [-0.2, 0) is 6.42 Å². The first-order valence-corrected chi connectivity index (χ1v) is 7.62. The molecule has 18 heavy (non-hydrogen) atoms. The normalized spacial score (nSPS) is 11.5. The molecule has 0 aliphatic heterocycles. The first kappa shape index (κ1) is 13.5. The Kier molecular flexibility index (Phi) is 5.14. The number of rotatable bonds is 7. The van der Waals surface area contributed by atoms with Gasteiger partial charge in [0.2, 0.25) is 0 Å². The number of thiazole rings is 1. The average molecular weight is 262 g/mol. The zero-order chi connectivity index (χ0) is 12.8. The number of nitrogens with zero attached hydrogens (tertiary/aromatic N) is 1. The molecule has 0 unspecified atom stereocenters. The maximum Gasteiger partial charge on any atom is 0.0938 e. The van der Waals surface area contributed by atoms with Crippen molar-refractivity contribution in [2.24, 2.45) is 5.92 Å². The van der Waals surface area contributed by atoms with E-state index in [1.807, 2.05) is 11.3 Å². The van der Waals surface area contributed by atoms with E-state index >= 15 is 0 Å². The zero-order valence-corrected chi connectivity index (χ0v) is 12.1. The van der Waals surface area contributed by atoms with Crippen molar-refractivity contribution in [3.63, 3.8) is 0 Å². The third-order valence-corrected chi connectivity index (χ3v) is 3.98. The van der Waals surface area contributed by atoms with E-state index in [1.165, 1.54) is 22.5 Å². The quantitative estimate of drug-likeness (QED) is 0.766. The fraction of sp³-hybridized carbons (Fsp3) is 0.533. The molecule has 98 valence electrons. The zero-order valence-electron chi connectivity index (χ0n) is 11.3. The van der Waals surface area contributed by atoms with Gasteiger partial charge >= 0.3 is 0 Å². The van der Waals surface area contributed by atoms with E-state index in [0.717, 1.165) is 30.9 Å². The minimum absolute atomic E-state index is 0.745. The lowest BCUT2D eigenvalue weighted by Crippen LogP contribution is -2.20. The van der Waals surface area contributed by atoms with Gasteiger partial charge in [-0.15, -0.1) is 11.3 Å². The monoisotopic (exact) mass is 262 g/mol. The first-order valence-electron chi connectivity index (χ1n) is 6.81. The molecular weight excluding hydrogens is 240 g/mol. The van der Waals surface area contributed by atoms with Crippen molar-refractivity contribution in [2.75, 3.05) is 13.1 Å². The highest BCUT2D eigenvalue weighted by atomic mass is 32.1. The number of unbranched alkanes of at least 4 members (excludes halogenated alkanes) is 1. The Labute approximate surface area is 113 Å². The third-order valence-electron chi connectivity index (χ3n) is 2.88. The van der Waals surface area contributed by atoms with E-state index in [4.69, 9.17) is 0 Å². The molecule has 0 radical (unpaired) electrons. The first-order chi connectivity index (χ1) is 8.75. The summed E-state index contributed by atoms with van der Waals surface area (Å²) in [5.74, 6) is 0.745. The molecule has 0 atom stereocenters. The average Bonchev–Trinajstić information content (AvgIpc) is 2.75. The maximum atomic E-state index is 4.66. The molecule has 0 aliphatic carbocycles. The molecule has 1 N–H and O–H groups in total. The van der Waals surface area contributed by atoms with Gasteiger partial charge in [0.05, 0.1) is 15.2 Å². The topological polar surface area (TPSA) is 24.9 Å². The van der Waals surface area contributed by atoms with Crippen LogP contribution in [0.5, 0.6) is 0 Å². The van der Waals surface area contributed by atoms with Gasteiger partial charge in [-0.1, -0.05) is 26.0 Å². The third kappa shape index (κ3) is 4.07. The van der Waals surface area contributed by atoms with E-state index in [2.05, 4.69) is 48.4 Å². The number of benzene rings is 1. The number of nitrogens with one attached hydrogen (secondary N) is 1. The van der Waals surface area contributed by atoms with E-state index in [9.17, 15) is 0 Å². The predicted octanol–water partition coefficient (Wildman–Crippen LogP) is 3.86. The van der Waals surface area contributed by atoms with Crippen LogP contribution in [0.2, 0.25) is 0 Å². The highest BCUT2D eigenvalue weighted by Crippen LogP contribution is 2.22. The Bertz CT molecular complexity index is 443. The van der Waals surface area contributed by atoms with Gasteiger partial charge in [0.1, 0.15) is 0 Å². The summed E-state index contributed by atoms with van der Waals surface area (Å²) in [7, 11) is 0. The molecule has 1 aromatic carbocycles. The number of fused-ring (bicyclic) bond motifs is 1. The van der Waals surface area contributed by atoms with Crippen molar-refractivity contribution < 1.29 is 0 Å². The van der Waals surface area contributed by atoms with Gasteiger partial charge in [0.15, 0.2) is 0 Å². The summed E-state index contributed by atoms with van der Waals surface area (Å²) in [5, 5.41) is 4.76. The summed E-state index contributed by atoms with van der Waals surface area (Å²) in [6.45, 7) is 6.74. The van der Waals surface area contributed by atoms with Crippen LogP contribution >= 0.6 is 11.3 Å². The summed E-state index contributed by atoms with van der Waals surface area (Å²) in [6.07, 6.45) is 3.58. The lowest BCUT2D eigenvalue weighted by atomic mass is 10.2. The van der Waals surface area contributed by atoms with Crippen LogP contribution in [0.15, 0.2) is 24.3 Å². The maximum absolute atomic E-state index is 4.66. The van der Waals surface area contributed by atoms with E-state index in [-0.39, 0.29) is 0 Å². The molecule has 0 bridgehead atoms. The molecule has 2 nitrogen and oxygen atoms in total. The Morgan fingerprint density at radius 3 is 2.83 bits per heavy atom. The lowest BCUT2D eigenvalue weighted by Gasteiger charge is -2.06. The van der Waals surface area contributed by atoms with Crippen LogP contribution < -0.4 is 5.32 Å². The molecular formula is C15H22N2S. The fourth-order valence-electron chi connectivity index (χ4n) is 1.94. The summed E-state index contributed by atoms with van der Waals surface area (Å²) in [6, 6.07) is 8.39. The van der Waals surface area contributed by atoms with Crippen LogP contribution in [0.25, 0.3) is 10.2 Å². The number of aryl methyl sites for hydroxylation is 1. The highest BCUT2D eigenvalue weighted by Gasteiger charge is 2.02. The van der Waals surface area contributed by atoms with E-state index < -0.39 is 0 Å². The molecule has 0 aliphatic rings. The van der Waals surface area contributed by atoms with Crippen molar-refractivity contribution in [1.29, 1.82) is 0 Å². The molecule has 2 rings (SSSR count). The predicted molar refractivity (Wildman–Crippen MR) is 80.3 cm³/mol. The lowest BCUT2D eigenvalue weighted by molar-refractivity contribution is 0.535. The second-order valence-corrected chi connectivity index (χ2v) is 6.25. The minimum Gasteiger partial charge on any atom is -0.316 e. The molecule has 0 spiro atoms. The SMILES string of the molecule is CC(C)CNCCCCc1nc2ccccc2s1. The summed E-state index contributed by atoms with van der Waals surface area (Å²) >= 11 is 1.83. The summed E-state index contributed by atoms with van der Waals surface area (Å²) in [5.41, 5.74) is 1.15. The molecule has 0 saturated heterocycles.